The van der Waals surface area contributed by atoms with Gasteiger partial charge in [0.1, 0.15) is 0 Å². The molecule has 1 aliphatic rings. The lowest BCUT2D eigenvalue weighted by atomic mass is 10.1. The van der Waals surface area contributed by atoms with Crippen LogP contribution in [-0.2, 0) is 6.18 Å². The maximum Gasteiger partial charge on any atom is 0.418 e. The fourth-order valence-corrected chi connectivity index (χ4v) is 3.15. The molecule has 2 rings (SSSR count). The van der Waals surface area contributed by atoms with Gasteiger partial charge in [0.05, 0.1) is 10.5 Å². The monoisotopic (exact) mass is 306 g/mol. The summed E-state index contributed by atoms with van der Waals surface area (Å²) in [7, 11) is 0. The topological polar surface area (TPSA) is 55.2 Å². The number of nitrogens with one attached hydrogen (secondary N) is 1. The number of hydrogen-bond donors (Lipinski definition) is 1. The van der Waals surface area contributed by atoms with Gasteiger partial charge in [-0.2, -0.15) is 24.9 Å². The quantitative estimate of drug-likeness (QED) is 0.679. The molecule has 1 fully saturated rings. The zero-order valence-corrected chi connectivity index (χ0v) is 11.3. The lowest BCUT2D eigenvalue weighted by Crippen LogP contribution is -2.27. The van der Waals surface area contributed by atoms with Crippen molar-refractivity contribution in [1.82, 2.24) is 0 Å². The molecule has 0 aliphatic carbocycles. The van der Waals surface area contributed by atoms with Crippen LogP contribution in [-0.4, -0.2) is 22.5 Å². The van der Waals surface area contributed by atoms with E-state index in [4.69, 9.17) is 0 Å². The maximum atomic E-state index is 13.0. The third-order valence-corrected chi connectivity index (χ3v) is 4.25. The zero-order valence-electron chi connectivity index (χ0n) is 10.4. The first kappa shape index (κ1) is 15.0. The zero-order chi connectivity index (χ0) is 14.8. The van der Waals surface area contributed by atoms with Crippen molar-refractivity contribution in [3.8, 4) is 0 Å². The average Bonchev–Trinajstić information content (AvgIpc) is 2.39. The Morgan fingerprint density at radius 2 is 2.15 bits per heavy atom. The van der Waals surface area contributed by atoms with Crippen molar-refractivity contribution in [2.24, 2.45) is 0 Å². The van der Waals surface area contributed by atoms with Crippen LogP contribution in [0, 0.1) is 10.1 Å². The van der Waals surface area contributed by atoms with Crippen LogP contribution < -0.4 is 5.32 Å². The second-order valence-electron chi connectivity index (χ2n) is 4.54. The molecule has 1 unspecified atom stereocenters. The molecular formula is C12H13F3N2O2S. The standard InChI is InChI=1S/C12H13F3N2O2S/c13-12(14,15)10-6-9(17(18)19)3-4-11(10)16-8-2-1-5-20-7-8/h3-4,6,8,16H,1-2,5,7H2. The van der Waals surface area contributed by atoms with Crippen LogP contribution in [0.2, 0.25) is 0 Å². The molecular weight excluding hydrogens is 293 g/mol. The molecule has 0 amide bonds. The summed E-state index contributed by atoms with van der Waals surface area (Å²) in [5.74, 6) is 1.76. The normalized spacial score (nSPS) is 19.6. The number of non-ortho nitro benzene ring substituents is 1. The van der Waals surface area contributed by atoms with Gasteiger partial charge in [0, 0.05) is 29.6 Å². The van der Waals surface area contributed by atoms with E-state index in [1.807, 2.05) is 0 Å². The maximum absolute atomic E-state index is 13.0. The molecule has 1 aromatic carbocycles. The van der Waals surface area contributed by atoms with E-state index in [-0.39, 0.29) is 11.7 Å². The minimum absolute atomic E-state index is 0.0312. The number of halogens is 3. The first-order valence-corrected chi connectivity index (χ1v) is 7.23. The molecule has 0 aromatic heterocycles. The molecule has 1 heterocycles. The van der Waals surface area contributed by atoms with E-state index in [2.05, 4.69) is 5.32 Å². The van der Waals surface area contributed by atoms with Gasteiger partial charge < -0.3 is 5.32 Å². The van der Waals surface area contributed by atoms with Crippen molar-refractivity contribution in [3.05, 3.63) is 33.9 Å². The van der Waals surface area contributed by atoms with Gasteiger partial charge in [-0.25, -0.2) is 0 Å². The number of nitro groups is 1. The molecule has 1 saturated heterocycles. The third kappa shape index (κ3) is 3.56. The van der Waals surface area contributed by atoms with Crippen molar-refractivity contribution >= 4 is 23.1 Å². The summed E-state index contributed by atoms with van der Waals surface area (Å²) in [4.78, 5) is 9.77. The van der Waals surface area contributed by atoms with Gasteiger partial charge in [0.25, 0.3) is 5.69 Å². The molecule has 8 heteroatoms. The Hall–Kier alpha value is -1.44. The summed E-state index contributed by atoms with van der Waals surface area (Å²) < 4.78 is 38.9. The Bertz CT molecular complexity index is 502. The van der Waals surface area contributed by atoms with E-state index in [0.29, 0.717) is 6.07 Å². The average molecular weight is 306 g/mol. The molecule has 1 atom stereocenters. The highest BCUT2D eigenvalue weighted by Crippen LogP contribution is 2.37. The van der Waals surface area contributed by atoms with Crippen molar-refractivity contribution in [2.75, 3.05) is 16.8 Å². The number of anilines is 1. The lowest BCUT2D eigenvalue weighted by Gasteiger charge is -2.25. The van der Waals surface area contributed by atoms with Crippen molar-refractivity contribution in [1.29, 1.82) is 0 Å². The highest BCUT2D eigenvalue weighted by molar-refractivity contribution is 7.99. The smallest absolute Gasteiger partial charge is 0.381 e. The first-order chi connectivity index (χ1) is 9.38. The molecule has 0 bridgehead atoms. The minimum Gasteiger partial charge on any atom is -0.381 e. The molecule has 0 spiro atoms. The predicted molar refractivity (Wildman–Crippen MR) is 72.1 cm³/mol. The predicted octanol–water partition coefficient (Wildman–Crippen LogP) is 3.92. The summed E-state index contributed by atoms with van der Waals surface area (Å²) >= 11 is 1.69. The number of nitrogens with zero attached hydrogens (tertiary/aromatic N) is 1. The first-order valence-electron chi connectivity index (χ1n) is 6.08. The lowest BCUT2D eigenvalue weighted by molar-refractivity contribution is -0.385. The summed E-state index contributed by atoms with van der Waals surface area (Å²) in [6.07, 6.45) is -2.85. The molecule has 4 nitrogen and oxygen atoms in total. The van der Waals surface area contributed by atoms with Gasteiger partial charge >= 0.3 is 6.18 Å². The molecule has 1 N–H and O–H groups in total. The number of rotatable bonds is 3. The second kappa shape index (κ2) is 5.90. The number of hydrogen-bond acceptors (Lipinski definition) is 4. The largest absolute Gasteiger partial charge is 0.418 e. The second-order valence-corrected chi connectivity index (χ2v) is 5.69. The summed E-state index contributed by atoms with van der Waals surface area (Å²) in [6.45, 7) is 0. The Labute approximate surface area is 117 Å². The minimum atomic E-state index is -4.61. The number of benzene rings is 1. The van der Waals surface area contributed by atoms with Crippen LogP contribution in [0.3, 0.4) is 0 Å². The summed E-state index contributed by atoms with van der Waals surface area (Å²) in [5.41, 5.74) is -1.63. The molecule has 1 aliphatic heterocycles. The van der Waals surface area contributed by atoms with E-state index in [1.165, 1.54) is 0 Å². The third-order valence-electron chi connectivity index (χ3n) is 3.04. The Kier molecular flexibility index (Phi) is 4.42. The Morgan fingerprint density at radius 3 is 2.70 bits per heavy atom. The van der Waals surface area contributed by atoms with Crippen LogP contribution in [0.15, 0.2) is 18.2 Å². The Balaban J connectivity index is 2.28. The summed E-state index contributed by atoms with van der Waals surface area (Å²) in [6, 6.07) is 2.78. The number of thioether (sulfide) groups is 1. The van der Waals surface area contributed by atoms with Crippen molar-refractivity contribution in [2.45, 2.75) is 25.1 Å². The summed E-state index contributed by atoms with van der Waals surface area (Å²) in [5, 5.41) is 13.5. The van der Waals surface area contributed by atoms with Crippen LogP contribution >= 0.6 is 11.8 Å². The van der Waals surface area contributed by atoms with E-state index in [1.54, 1.807) is 11.8 Å². The molecule has 0 radical (unpaired) electrons. The van der Waals surface area contributed by atoms with E-state index in [9.17, 15) is 23.3 Å². The van der Waals surface area contributed by atoms with Crippen molar-refractivity contribution < 1.29 is 18.1 Å². The van der Waals surface area contributed by atoms with Crippen LogP contribution in [0.25, 0.3) is 0 Å². The van der Waals surface area contributed by atoms with Crippen LogP contribution in [0.5, 0.6) is 0 Å². The molecule has 0 saturated carbocycles. The highest BCUT2D eigenvalue weighted by atomic mass is 32.2. The van der Waals surface area contributed by atoms with Crippen LogP contribution in [0.1, 0.15) is 18.4 Å². The highest BCUT2D eigenvalue weighted by Gasteiger charge is 2.35. The van der Waals surface area contributed by atoms with Gasteiger partial charge in [-0.1, -0.05) is 0 Å². The molecule has 1 aromatic rings. The number of alkyl halides is 3. The molecule has 20 heavy (non-hydrogen) atoms. The Morgan fingerprint density at radius 1 is 1.40 bits per heavy atom. The van der Waals surface area contributed by atoms with Gasteiger partial charge in [-0.15, -0.1) is 0 Å². The fraction of sp³-hybridized carbons (Fsp3) is 0.500. The van der Waals surface area contributed by atoms with Gasteiger partial charge in [0.15, 0.2) is 0 Å². The van der Waals surface area contributed by atoms with Gasteiger partial charge in [-0.05, 0) is 24.7 Å². The fourth-order valence-electron chi connectivity index (χ4n) is 2.08. The van der Waals surface area contributed by atoms with E-state index < -0.39 is 22.4 Å². The van der Waals surface area contributed by atoms with Crippen molar-refractivity contribution in [3.63, 3.8) is 0 Å². The van der Waals surface area contributed by atoms with Crippen LogP contribution in [0.4, 0.5) is 24.5 Å². The van der Waals surface area contributed by atoms with Gasteiger partial charge in [0.2, 0.25) is 0 Å². The van der Waals surface area contributed by atoms with Gasteiger partial charge in [-0.3, -0.25) is 10.1 Å². The SMILES string of the molecule is O=[N+]([O-])c1ccc(NC2CCCSC2)c(C(F)(F)F)c1. The number of nitro benzene ring substituents is 1. The van der Waals surface area contributed by atoms with E-state index >= 15 is 0 Å². The van der Waals surface area contributed by atoms with E-state index in [0.717, 1.165) is 36.5 Å². The molecule has 110 valence electrons.